The summed E-state index contributed by atoms with van der Waals surface area (Å²) in [4.78, 5) is 36.4. The van der Waals surface area contributed by atoms with Gasteiger partial charge in [0, 0.05) is 68.2 Å². The number of nitrogens with zero attached hydrogens (tertiary/aromatic N) is 4. The SMILES string of the molecule is CC(=O)NC(N)=Nc1cc(C#Cc2cc(C(=O)Nc3ccc(CN4CCN(C)CC4)c(C(F)(F)F)c3)ccc2C)ccn1. The number of nitrogens with two attached hydrogens (primary N) is 1. The summed E-state index contributed by atoms with van der Waals surface area (Å²) >= 11 is 0. The van der Waals surface area contributed by atoms with Crippen LogP contribution in [0.2, 0.25) is 0 Å². The number of hydrogen-bond acceptors (Lipinski definition) is 6. The molecule has 0 unspecified atom stereocenters. The minimum absolute atomic E-state index is 0.0519. The van der Waals surface area contributed by atoms with Gasteiger partial charge in [-0.05, 0) is 61.5 Å². The molecule has 3 aromatic rings. The highest BCUT2D eigenvalue weighted by molar-refractivity contribution is 6.04. The van der Waals surface area contributed by atoms with Crippen molar-refractivity contribution in [1.82, 2.24) is 20.1 Å². The summed E-state index contributed by atoms with van der Waals surface area (Å²) < 4.78 is 41.9. The summed E-state index contributed by atoms with van der Waals surface area (Å²) in [5, 5.41) is 4.95. The topological polar surface area (TPSA) is 116 Å². The van der Waals surface area contributed by atoms with E-state index in [9.17, 15) is 22.8 Å². The number of hydrogen-bond donors (Lipinski definition) is 3. The molecular formula is C31H32F3N7O2. The molecule has 0 radical (unpaired) electrons. The smallest absolute Gasteiger partial charge is 0.369 e. The molecule has 0 bridgehead atoms. The van der Waals surface area contributed by atoms with Gasteiger partial charge in [0.1, 0.15) is 0 Å². The minimum Gasteiger partial charge on any atom is -0.369 e. The molecule has 4 rings (SSSR count). The molecule has 1 aliphatic rings. The predicted molar refractivity (Wildman–Crippen MR) is 159 cm³/mol. The van der Waals surface area contributed by atoms with E-state index in [1.165, 1.54) is 25.3 Å². The van der Waals surface area contributed by atoms with Crippen molar-refractivity contribution in [3.63, 3.8) is 0 Å². The molecule has 0 spiro atoms. The van der Waals surface area contributed by atoms with Gasteiger partial charge >= 0.3 is 6.18 Å². The molecule has 0 aliphatic carbocycles. The van der Waals surface area contributed by atoms with Crippen LogP contribution in [0.15, 0.2) is 59.7 Å². The Labute approximate surface area is 248 Å². The van der Waals surface area contributed by atoms with Crippen LogP contribution in [0.4, 0.5) is 24.7 Å². The molecule has 1 aromatic heterocycles. The largest absolute Gasteiger partial charge is 0.416 e. The van der Waals surface area contributed by atoms with E-state index in [2.05, 4.69) is 37.4 Å². The van der Waals surface area contributed by atoms with Gasteiger partial charge in [-0.3, -0.25) is 19.8 Å². The zero-order valence-corrected chi connectivity index (χ0v) is 24.0. The van der Waals surface area contributed by atoms with Crippen molar-refractivity contribution in [3.05, 3.63) is 88.1 Å². The predicted octanol–water partition coefficient (Wildman–Crippen LogP) is 3.89. The Morgan fingerprint density at radius 2 is 1.79 bits per heavy atom. The van der Waals surface area contributed by atoms with Crippen LogP contribution in [-0.2, 0) is 17.5 Å². The second-order valence-corrected chi connectivity index (χ2v) is 10.3. The first-order valence-corrected chi connectivity index (χ1v) is 13.5. The van der Waals surface area contributed by atoms with Crippen molar-refractivity contribution in [2.45, 2.75) is 26.6 Å². The van der Waals surface area contributed by atoms with Gasteiger partial charge in [-0.2, -0.15) is 18.2 Å². The lowest BCUT2D eigenvalue weighted by molar-refractivity contribution is -0.138. The number of guanidine groups is 1. The highest BCUT2D eigenvalue weighted by atomic mass is 19.4. The van der Waals surface area contributed by atoms with Crippen molar-refractivity contribution in [2.75, 3.05) is 38.5 Å². The third kappa shape index (κ3) is 8.88. The van der Waals surface area contributed by atoms with Crippen LogP contribution in [0.3, 0.4) is 0 Å². The highest BCUT2D eigenvalue weighted by Crippen LogP contribution is 2.34. The zero-order chi connectivity index (χ0) is 31.1. The normalized spacial score (nSPS) is 14.5. The van der Waals surface area contributed by atoms with Gasteiger partial charge in [0.2, 0.25) is 11.9 Å². The number of aliphatic imine (C=N–C) groups is 1. The maximum absolute atomic E-state index is 14.0. The second-order valence-electron chi connectivity index (χ2n) is 10.3. The van der Waals surface area contributed by atoms with E-state index in [0.29, 0.717) is 24.2 Å². The Morgan fingerprint density at radius 1 is 1.05 bits per heavy atom. The standard InChI is InChI=1S/C31H32F3N7O2/c1-20-4-6-24(17-23(20)7-5-22-10-11-36-28(16-22)39-30(35)37-21(2)42)29(43)38-26-9-8-25(27(18-26)31(32,33)34)19-41-14-12-40(3)13-15-41/h4,6,8-11,16-18H,12-15,19H2,1-3H3,(H,38,43)(H3,35,36,37,39,42). The van der Waals surface area contributed by atoms with E-state index in [-0.39, 0.29) is 41.0 Å². The maximum atomic E-state index is 14.0. The van der Waals surface area contributed by atoms with Gasteiger partial charge in [0.05, 0.1) is 5.56 Å². The number of aryl methyl sites for hydroxylation is 1. The number of piperazine rings is 1. The van der Waals surface area contributed by atoms with Gasteiger partial charge in [-0.25, -0.2) is 4.98 Å². The molecule has 1 aliphatic heterocycles. The Morgan fingerprint density at radius 3 is 2.49 bits per heavy atom. The fourth-order valence-corrected chi connectivity index (χ4v) is 4.43. The fraction of sp³-hybridized carbons (Fsp3) is 0.290. The number of halogens is 3. The summed E-state index contributed by atoms with van der Waals surface area (Å²) in [5.41, 5.74) is 7.30. The summed E-state index contributed by atoms with van der Waals surface area (Å²) in [6.45, 7) is 6.29. The number of likely N-dealkylation sites (N-methyl/N-ethyl adjacent to an activating group) is 1. The molecule has 0 atom stereocenters. The van der Waals surface area contributed by atoms with Crippen molar-refractivity contribution in [1.29, 1.82) is 0 Å². The van der Waals surface area contributed by atoms with E-state index in [1.54, 1.807) is 30.3 Å². The molecule has 0 saturated carbocycles. The van der Waals surface area contributed by atoms with Crippen LogP contribution in [0.5, 0.6) is 0 Å². The van der Waals surface area contributed by atoms with Gasteiger partial charge < -0.3 is 16.0 Å². The van der Waals surface area contributed by atoms with E-state index in [0.717, 1.165) is 24.7 Å². The van der Waals surface area contributed by atoms with E-state index >= 15 is 0 Å². The molecule has 4 N–H and O–H groups in total. The molecule has 2 heterocycles. The lowest BCUT2D eigenvalue weighted by Crippen LogP contribution is -2.44. The number of carbonyl (C=O) groups excluding carboxylic acids is 2. The third-order valence-corrected chi connectivity index (χ3v) is 6.79. The van der Waals surface area contributed by atoms with Gasteiger partial charge in [0.15, 0.2) is 5.82 Å². The maximum Gasteiger partial charge on any atom is 0.416 e. The van der Waals surface area contributed by atoms with Crippen LogP contribution in [0.1, 0.15) is 45.1 Å². The van der Waals surface area contributed by atoms with Gasteiger partial charge in [-0.1, -0.05) is 24.0 Å². The quantitative estimate of drug-likeness (QED) is 0.236. The number of rotatable bonds is 5. The van der Waals surface area contributed by atoms with Gasteiger partial charge in [-0.15, -0.1) is 0 Å². The number of benzene rings is 2. The molecule has 9 nitrogen and oxygen atoms in total. The summed E-state index contributed by atoms with van der Waals surface area (Å²) in [6.07, 6.45) is -3.07. The first-order valence-electron chi connectivity index (χ1n) is 13.5. The summed E-state index contributed by atoms with van der Waals surface area (Å²) in [7, 11) is 1.99. The summed E-state index contributed by atoms with van der Waals surface area (Å²) in [5.74, 6) is 5.22. The Kier molecular flexibility index (Phi) is 9.80. The molecule has 1 fully saturated rings. The molecule has 12 heteroatoms. The van der Waals surface area contributed by atoms with Crippen LogP contribution in [0, 0.1) is 18.8 Å². The molecule has 1 saturated heterocycles. The minimum atomic E-state index is -4.57. The molecule has 2 amide bonds. The van der Waals surface area contributed by atoms with Crippen molar-refractivity contribution in [3.8, 4) is 11.8 Å². The first-order chi connectivity index (χ1) is 20.4. The first kappa shape index (κ1) is 31.2. The number of pyridine rings is 1. The number of amides is 2. The molecule has 224 valence electrons. The third-order valence-electron chi connectivity index (χ3n) is 6.79. The number of carbonyl (C=O) groups is 2. The number of alkyl halides is 3. The van der Waals surface area contributed by atoms with Crippen LogP contribution >= 0.6 is 0 Å². The Bertz CT molecular complexity index is 1600. The average molecular weight is 592 g/mol. The van der Waals surface area contributed by atoms with E-state index < -0.39 is 17.6 Å². The lowest BCUT2D eigenvalue weighted by Gasteiger charge is -2.33. The van der Waals surface area contributed by atoms with Gasteiger partial charge in [0.25, 0.3) is 5.91 Å². The van der Waals surface area contributed by atoms with E-state index in [1.807, 2.05) is 18.9 Å². The van der Waals surface area contributed by atoms with E-state index in [4.69, 9.17) is 5.73 Å². The van der Waals surface area contributed by atoms with Crippen LogP contribution in [-0.4, -0.2) is 65.8 Å². The van der Waals surface area contributed by atoms with Crippen LogP contribution < -0.4 is 16.4 Å². The fourth-order valence-electron chi connectivity index (χ4n) is 4.43. The molecule has 43 heavy (non-hydrogen) atoms. The van der Waals surface area contributed by atoms with Crippen LogP contribution in [0.25, 0.3) is 0 Å². The number of nitrogens with one attached hydrogen (secondary N) is 2. The molecular weight excluding hydrogens is 559 g/mol. The van der Waals surface area contributed by atoms with Crippen molar-refractivity contribution in [2.24, 2.45) is 10.7 Å². The number of aromatic nitrogens is 1. The number of anilines is 1. The summed E-state index contributed by atoms with van der Waals surface area (Å²) in [6, 6.07) is 12.0. The zero-order valence-electron chi connectivity index (χ0n) is 24.0. The second kappa shape index (κ2) is 13.5. The lowest BCUT2D eigenvalue weighted by atomic mass is 10.0. The molecule has 2 aromatic carbocycles. The van der Waals surface area contributed by atoms with Crippen molar-refractivity contribution < 1.29 is 22.8 Å². The van der Waals surface area contributed by atoms with Crippen molar-refractivity contribution >= 4 is 29.3 Å². The highest BCUT2D eigenvalue weighted by Gasteiger charge is 2.34. The Balaban J connectivity index is 1.51. The Hall–Kier alpha value is -4.73. The monoisotopic (exact) mass is 591 g/mol. The average Bonchev–Trinajstić information content (AvgIpc) is 2.93.